The Kier molecular flexibility index (Phi) is 3.88. The molecule has 0 bridgehead atoms. The second-order valence-corrected chi connectivity index (χ2v) is 8.01. The van der Waals surface area contributed by atoms with E-state index in [9.17, 15) is 0 Å². The van der Waals surface area contributed by atoms with Gasteiger partial charge in [-0.05, 0) is 68.0 Å². The molecule has 0 aliphatic heterocycles. The van der Waals surface area contributed by atoms with Crippen LogP contribution in [0.15, 0.2) is 133 Å². The standard InChI is InChI=1S/C32H23N/c1-3-11-29-23(7-1)9-5-13-31(29)25-15-19-27(20-16-25)33-28-21-17-26(18-22-28)32-14-6-10-24-8-2-4-12-30(24)32/h1-22,33H/i15D,16D,19D,20D. The summed E-state index contributed by atoms with van der Waals surface area (Å²) in [4.78, 5) is 0. The highest BCUT2D eigenvalue weighted by molar-refractivity contribution is 5.97. The molecule has 6 rings (SSSR count). The molecule has 0 aromatic heterocycles. The molecule has 1 heteroatoms. The summed E-state index contributed by atoms with van der Waals surface area (Å²) < 4.78 is 34.9. The summed E-state index contributed by atoms with van der Waals surface area (Å²) in [6.07, 6.45) is 0. The van der Waals surface area contributed by atoms with Crippen molar-refractivity contribution < 1.29 is 5.48 Å². The van der Waals surface area contributed by atoms with Crippen molar-refractivity contribution in [2.45, 2.75) is 0 Å². The zero-order valence-corrected chi connectivity index (χ0v) is 17.9. The Hall–Kier alpha value is -4.36. The third kappa shape index (κ3) is 3.75. The van der Waals surface area contributed by atoms with Crippen molar-refractivity contribution in [1.29, 1.82) is 0 Å². The summed E-state index contributed by atoms with van der Waals surface area (Å²) in [5.41, 5.74) is 4.06. The fraction of sp³-hybridized carbons (Fsp3) is 0. The summed E-state index contributed by atoms with van der Waals surface area (Å²) in [7, 11) is 0. The second-order valence-electron chi connectivity index (χ2n) is 8.01. The number of nitrogens with one attached hydrogen (secondary N) is 1. The summed E-state index contributed by atoms with van der Waals surface area (Å²) in [5.74, 6) is 0. The van der Waals surface area contributed by atoms with E-state index >= 15 is 0 Å². The maximum absolute atomic E-state index is 8.74. The number of benzene rings is 6. The van der Waals surface area contributed by atoms with Gasteiger partial charge in [-0.25, -0.2) is 0 Å². The van der Waals surface area contributed by atoms with E-state index in [1.54, 1.807) is 0 Å². The summed E-state index contributed by atoms with van der Waals surface area (Å²) in [6, 6.07) is 35.5. The molecule has 0 aliphatic carbocycles. The third-order valence-electron chi connectivity index (χ3n) is 5.94. The first-order valence-electron chi connectivity index (χ1n) is 13.0. The Bertz CT molecular complexity index is 1750. The molecule has 0 unspecified atom stereocenters. The van der Waals surface area contributed by atoms with Crippen molar-refractivity contribution in [1.82, 2.24) is 0 Å². The Balaban J connectivity index is 1.38. The van der Waals surface area contributed by atoms with Crippen molar-refractivity contribution in [2.24, 2.45) is 0 Å². The quantitative estimate of drug-likeness (QED) is 0.297. The van der Waals surface area contributed by atoms with Crippen LogP contribution in [0.1, 0.15) is 5.48 Å². The minimum Gasteiger partial charge on any atom is -0.356 e. The average molecular weight is 426 g/mol. The number of rotatable bonds is 4. The molecule has 6 aromatic rings. The fourth-order valence-electron chi connectivity index (χ4n) is 4.31. The van der Waals surface area contributed by atoms with Gasteiger partial charge in [0, 0.05) is 11.4 Å². The lowest BCUT2D eigenvalue weighted by Crippen LogP contribution is -1.90. The topological polar surface area (TPSA) is 12.0 Å². The maximum Gasteiger partial charge on any atom is 0.0645 e. The van der Waals surface area contributed by atoms with E-state index in [0.29, 0.717) is 16.8 Å². The van der Waals surface area contributed by atoms with Crippen LogP contribution in [0.2, 0.25) is 0 Å². The van der Waals surface area contributed by atoms with Crippen LogP contribution in [-0.2, 0) is 0 Å². The number of fused-ring (bicyclic) bond motifs is 2. The van der Waals surface area contributed by atoms with Crippen LogP contribution in [0.25, 0.3) is 43.8 Å². The molecule has 0 saturated carbocycles. The van der Waals surface area contributed by atoms with E-state index in [1.807, 2.05) is 84.9 Å². The van der Waals surface area contributed by atoms with Gasteiger partial charge in [0.15, 0.2) is 0 Å². The highest BCUT2D eigenvalue weighted by Crippen LogP contribution is 2.32. The van der Waals surface area contributed by atoms with Crippen LogP contribution >= 0.6 is 0 Å². The van der Waals surface area contributed by atoms with Crippen LogP contribution in [0.5, 0.6) is 0 Å². The lowest BCUT2D eigenvalue weighted by molar-refractivity contribution is 1.54. The molecule has 156 valence electrons. The molecule has 6 aromatic carbocycles. The molecule has 1 nitrogen and oxygen atoms in total. The van der Waals surface area contributed by atoms with Crippen molar-refractivity contribution in [3.05, 3.63) is 133 Å². The highest BCUT2D eigenvalue weighted by Gasteiger charge is 2.05. The van der Waals surface area contributed by atoms with Gasteiger partial charge < -0.3 is 5.32 Å². The van der Waals surface area contributed by atoms with Gasteiger partial charge in [0.1, 0.15) is 0 Å². The van der Waals surface area contributed by atoms with Crippen molar-refractivity contribution >= 4 is 32.9 Å². The summed E-state index contributed by atoms with van der Waals surface area (Å²) >= 11 is 0. The first-order valence-corrected chi connectivity index (χ1v) is 11.0. The van der Waals surface area contributed by atoms with Gasteiger partial charge >= 0.3 is 0 Å². The molecule has 0 aliphatic rings. The number of hydrogen-bond donors (Lipinski definition) is 1. The lowest BCUT2D eigenvalue weighted by atomic mass is 9.98. The molecule has 1 N–H and O–H groups in total. The smallest absolute Gasteiger partial charge is 0.0645 e. The Morgan fingerprint density at radius 3 is 1.55 bits per heavy atom. The first-order chi connectivity index (χ1) is 18.0. The highest BCUT2D eigenvalue weighted by atomic mass is 14.9. The zero-order chi connectivity index (χ0) is 25.5. The van der Waals surface area contributed by atoms with Crippen molar-refractivity contribution in [2.75, 3.05) is 5.32 Å². The summed E-state index contributed by atoms with van der Waals surface area (Å²) in [5, 5.41) is 7.38. The Morgan fingerprint density at radius 1 is 0.424 bits per heavy atom. The van der Waals surface area contributed by atoms with E-state index in [4.69, 9.17) is 5.48 Å². The van der Waals surface area contributed by atoms with Gasteiger partial charge in [-0.2, -0.15) is 0 Å². The molecular formula is C32H23N. The van der Waals surface area contributed by atoms with E-state index in [-0.39, 0.29) is 29.9 Å². The van der Waals surface area contributed by atoms with E-state index in [2.05, 4.69) is 29.6 Å². The molecule has 0 spiro atoms. The molecule has 33 heavy (non-hydrogen) atoms. The van der Waals surface area contributed by atoms with Gasteiger partial charge in [0.05, 0.1) is 5.48 Å². The van der Waals surface area contributed by atoms with Crippen molar-refractivity contribution in [3.63, 3.8) is 0 Å². The van der Waals surface area contributed by atoms with Crippen LogP contribution in [0, 0.1) is 0 Å². The molecule has 0 heterocycles. The zero-order valence-electron chi connectivity index (χ0n) is 21.9. The van der Waals surface area contributed by atoms with Gasteiger partial charge in [0.2, 0.25) is 0 Å². The lowest BCUT2D eigenvalue weighted by Gasteiger charge is -2.11. The normalized spacial score (nSPS) is 12.7. The maximum atomic E-state index is 8.74. The molecule has 0 radical (unpaired) electrons. The first kappa shape index (κ1) is 15.4. The molecule has 0 saturated heterocycles. The van der Waals surface area contributed by atoms with Crippen LogP contribution in [0.3, 0.4) is 0 Å². The third-order valence-corrected chi connectivity index (χ3v) is 5.94. The molecule has 0 amide bonds. The predicted molar refractivity (Wildman–Crippen MR) is 142 cm³/mol. The molecule has 0 atom stereocenters. The largest absolute Gasteiger partial charge is 0.356 e. The Morgan fingerprint density at radius 2 is 0.939 bits per heavy atom. The monoisotopic (exact) mass is 425 g/mol. The van der Waals surface area contributed by atoms with Gasteiger partial charge in [0.25, 0.3) is 0 Å². The van der Waals surface area contributed by atoms with Crippen LogP contribution in [0.4, 0.5) is 11.4 Å². The van der Waals surface area contributed by atoms with Crippen LogP contribution in [-0.4, -0.2) is 0 Å². The number of anilines is 2. The van der Waals surface area contributed by atoms with E-state index in [0.717, 1.165) is 21.9 Å². The SMILES string of the molecule is [2H]c1c([2H])c(-c2cccc3ccccc23)c([2H])c([2H])c1Nc1ccc(-c2cccc3ccccc23)cc1. The number of hydrogen-bond acceptors (Lipinski definition) is 1. The Labute approximate surface area is 199 Å². The minimum atomic E-state index is -0.0953. The second kappa shape index (κ2) is 8.29. The van der Waals surface area contributed by atoms with E-state index in [1.165, 1.54) is 10.8 Å². The van der Waals surface area contributed by atoms with Gasteiger partial charge in [-0.15, -0.1) is 0 Å². The van der Waals surface area contributed by atoms with E-state index < -0.39 is 0 Å². The summed E-state index contributed by atoms with van der Waals surface area (Å²) in [6.45, 7) is 0. The fourth-order valence-corrected chi connectivity index (χ4v) is 4.31. The van der Waals surface area contributed by atoms with Crippen molar-refractivity contribution in [3.8, 4) is 22.3 Å². The average Bonchev–Trinajstić information content (AvgIpc) is 2.94. The van der Waals surface area contributed by atoms with Gasteiger partial charge in [-0.1, -0.05) is 109 Å². The molecular weight excluding hydrogens is 398 g/mol. The van der Waals surface area contributed by atoms with Crippen LogP contribution < -0.4 is 5.32 Å². The molecule has 0 fully saturated rings. The van der Waals surface area contributed by atoms with Gasteiger partial charge in [-0.3, -0.25) is 0 Å². The minimum absolute atomic E-state index is 0.0628. The predicted octanol–water partition coefficient (Wildman–Crippen LogP) is 9.07.